The van der Waals surface area contributed by atoms with Gasteiger partial charge in [-0.1, -0.05) is 141 Å². The smallest absolute Gasteiger partial charge is 0.412 e. The molecule has 4 unspecified atom stereocenters. The molecule has 0 aromatic carbocycles. The number of rotatable bonds is 10. The van der Waals surface area contributed by atoms with E-state index in [1.54, 1.807) is 0 Å². The lowest BCUT2D eigenvalue weighted by Crippen LogP contribution is -2.86. The molecule has 4 atom stereocenters. The molecule has 10 fully saturated rings. The lowest BCUT2D eigenvalue weighted by molar-refractivity contribution is -0.0159. The Hall–Kier alpha value is 0.995. The van der Waals surface area contributed by atoms with E-state index in [-0.39, 0.29) is 38.8 Å². The van der Waals surface area contributed by atoms with Gasteiger partial charge in [0.2, 0.25) is 8.32 Å². The van der Waals surface area contributed by atoms with Crippen molar-refractivity contribution in [2.45, 2.75) is 277 Å². The molecule has 12 nitrogen and oxygen atoms in total. The van der Waals surface area contributed by atoms with E-state index in [9.17, 15) is 9.59 Å². The van der Waals surface area contributed by atoms with E-state index >= 15 is 0 Å². The fourth-order valence-corrected chi connectivity index (χ4v) is 61.8. The minimum Gasteiger partial charge on any atom is -0.412 e. The van der Waals surface area contributed by atoms with Crippen molar-refractivity contribution in [1.82, 2.24) is 0 Å². The Kier molecular flexibility index (Phi) is 15.9. The Morgan fingerprint density at radius 1 is 0.348 bits per heavy atom. The van der Waals surface area contributed by atoms with Crippen molar-refractivity contribution < 1.29 is 50.7 Å². The van der Waals surface area contributed by atoms with Crippen molar-refractivity contribution >= 4 is 69.9 Å². The van der Waals surface area contributed by atoms with Crippen LogP contribution >= 0.6 is 0 Å². The minimum atomic E-state index is -4.40. The second kappa shape index (κ2) is 20.7. The zero-order valence-corrected chi connectivity index (χ0v) is 49.1. The molecule has 0 radical (unpaired) electrons. The summed E-state index contributed by atoms with van der Waals surface area (Å²) in [5.74, 6) is 0. The lowest BCUT2D eigenvalue weighted by atomic mass is 10.0. The zero-order valence-electron chi connectivity index (χ0n) is 41.1. The molecule has 0 aromatic heterocycles. The van der Waals surface area contributed by atoms with Gasteiger partial charge in [-0.05, 0) is 103 Å². The van der Waals surface area contributed by atoms with Gasteiger partial charge in [0.1, 0.15) is 0 Å². The summed E-state index contributed by atoms with van der Waals surface area (Å²) in [5.41, 5.74) is 1.14. The van der Waals surface area contributed by atoms with Crippen molar-refractivity contribution in [3.05, 3.63) is 12.3 Å². The molecule has 10 aliphatic rings. The maximum Gasteiger partial charge on any atom is 0.486 e. The molecule has 10 rings (SSSR count). The van der Waals surface area contributed by atoms with Crippen molar-refractivity contribution in [3.8, 4) is 0 Å². The predicted molar refractivity (Wildman–Crippen MR) is 271 cm³/mol. The molecule has 3 heterocycles. The summed E-state index contributed by atoms with van der Waals surface area (Å²) in [6.45, 7) is 8.84. The first kappa shape index (κ1) is 50.5. The van der Waals surface area contributed by atoms with Gasteiger partial charge < -0.3 is 50.7 Å². The third-order valence-corrected chi connectivity index (χ3v) is 54.2. The summed E-state index contributed by atoms with van der Waals surface area (Å²) in [5, 5.41) is 0. The van der Waals surface area contributed by atoms with Crippen LogP contribution in [0.4, 0.5) is 0 Å². The zero-order chi connectivity index (χ0) is 45.6. The molecule has 4 bridgehead atoms. The van der Waals surface area contributed by atoms with Crippen LogP contribution < -0.4 is 0 Å². The second-order valence-corrected chi connectivity index (χ2v) is 49.5. The van der Waals surface area contributed by atoms with Gasteiger partial charge in [0, 0.05) is 38.8 Å². The van der Waals surface area contributed by atoms with Crippen LogP contribution in [0.25, 0.3) is 0 Å². The number of fused-ring (bicyclic) bond motifs is 3. The highest BCUT2D eigenvalue weighted by molar-refractivity contribution is 7.00. The van der Waals surface area contributed by atoms with Gasteiger partial charge in [0.05, 0.1) is 0 Å². The van der Waals surface area contributed by atoms with E-state index in [0.29, 0.717) is 0 Å². The van der Waals surface area contributed by atoms with Crippen LogP contribution in [0.5, 0.6) is 0 Å². The van der Waals surface area contributed by atoms with Crippen LogP contribution in [-0.2, 0) is 41.2 Å². The Balaban J connectivity index is 1.29. The van der Waals surface area contributed by atoms with E-state index in [0.717, 1.165) is 225 Å². The largest absolute Gasteiger partial charge is 0.486 e. The lowest BCUT2D eigenvalue weighted by Gasteiger charge is -2.63. The summed E-state index contributed by atoms with van der Waals surface area (Å²) >= 11 is 0. The first-order valence-electron chi connectivity index (χ1n) is 28.0. The highest BCUT2D eigenvalue weighted by Gasteiger charge is 2.83. The van der Waals surface area contributed by atoms with E-state index in [1.165, 1.54) is 0 Å². The Labute approximate surface area is 407 Å². The van der Waals surface area contributed by atoms with E-state index < -0.39 is 69.9 Å². The molecular weight excluding hydrogens is 969 g/mol. The van der Waals surface area contributed by atoms with Crippen molar-refractivity contribution in [3.63, 3.8) is 0 Å². The van der Waals surface area contributed by atoms with Gasteiger partial charge in [0.15, 0.2) is 0 Å². The standard InChI is InChI=1S/C46H88O12Si8/c1-4-59(2,3)49-62(42-30-16-7-17-31-42)54-64(44-34-20-9-21-35-44)52-60(47,40-26-12-5-13-27-40)50-63(43-32-18-8-19-33-43)51-61(48,41-28-14-6-15-29-41)53-65(55-62,45-36-22-10-23-37-45)58-66(56-63,57-64)46-38-24-11-25-39-46/h4,40-48H,1,5-39H2,2-3H3. The van der Waals surface area contributed by atoms with Crippen LogP contribution in [-0.4, -0.2) is 79.5 Å². The molecule has 7 saturated carbocycles. The second-order valence-electron chi connectivity index (χ2n) is 23.5. The highest BCUT2D eigenvalue weighted by Crippen LogP contribution is 2.62. The average Bonchev–Trinajstić information content (AvgIpc) is 3.34. The van der Waals surface area contributed by atoms with Crippen molar-refractivity contribution in [2.24, 2.45) is 0 Å². The van der Waals surface area contributed by atoms with Gasteiger partial charge in [-0.15, -0.1) is 6.58 Å². The minimum absolute atomic E-state index is 0.0506. The summed E-state index contributed by atoms with van der Waals surface area (Å²) in [6, 6.07) is 0. The normalized spacial score (nSPS) is 43.3. The summed E-state index contributed by atoms with van der Waals surface area (Å²) in [6.07, 6.45) is 34.5. The first-order chi connectivity index (χ1) is 31.9. The molecule has 20 heteroatoms. The van der Waals surface area contributed by atoms with Crippen LogP contribution in [0.2, 0.25) is 51.9 Å². The van der Waals surface area contributed by atoms with Crippen LogP contribution in [0.1, 0.15) is 225 Å². The third kappa shape index (κ3) is 10.1. The molecule has 3 saturated heterocycles. The molecule has 376 valence electrons. The maximum atomic E-state index is 14.3. The van der Waals surface area contributed by atoms with Gasteiger partial charge in [-0.2, -0.15) is 0 Å². The van der Waals surface area contributed by atoms with Gasteiger partial charge >= 0.3 is 61.6 Å². The fraction of sp³-hybridized carbons (Fsp3) is 0.957. The predicted octanol–water partition coefficient (Wildman–Crippen LogP) is 13.0. The molecule has 66 heavy (non-hydrogen) atoms. The van der Waals surface area contributed by atoms with E-state index in [1.807, 2.05) is 5.70 Å². The average molecular weight is 1060 g/mol. The van der Waals surface area contributed by atoms with Gasteiger partial charge in [-0.3, -0.25) is 0 Å². The van der Waals surface area contributed by atoms with E-state index in [4.69, 9.17) is 41.2 Å². The SMILES string of the molecule is C=C[Si](C)(C)O[Si]1(C2CCCCC2)O[Si]2(C3CCCCC3)O[Si](O)(C3CCCCC3)O[Si]3(C4CCCCC4)O[Si](O)(C4CCCCC4)O[Si](C4CCCCC4)(O1)O[Si](C1CCCCC1)(O3)O2. The van der Waals surface area contributed by atoms with E-state index in [2.05, 4.69) is 19.7 Å². The topological polar surface area (TPSA) is 133 Å². The summed E-state index contributed by atoms with van der Waals surface area (Å²) < 4.78 is 82.7. The van der Waals surface area contributed by atoms with Gasteiger partial charge in [-0.25, -0.2) is 0 Å². The van der Waals surface area contributed by atoms with Crippen molar-refractivity contribution in [1.29, 1.82) is 0 Å². The monoisotopic (exact) mass is 1060 g/mol. The third-order valence-electron chi connectivity index (χ3n) is 18.2. The molecule has 0 amide bonds. The summed E-state index contributed by atoms with van der Waals surface area (Å²) in [4.78, 5) is 28.6. The highest BCUT2D eigenvalue weighted by atomic mass is 28.6. The van der Waals surface area contributed by atoms with Gasteiger partial charge in [0.25, 0.3) is 0 Å². The fourth-order valence-electron chi connectivity index (χ4n) is 14.4. The molecule has 0 aromatic rings. The van der Waals surface area contributed by atoms with Crippen molar-refractivity contribution in [2.75, 3.05) is 0 Å². The van der Waals surface area contributed by atoms with Crippen LogP contribution in [0.3, 0.4) is 0 Å². The number of hydrogen-bond donors (Lipinski definition) is 2. The molecule has 3 aliphatic heterocycles. The summed E-state index contributed by atoms with van der Waals surface area (Å²) in [7, 11) is -32.4. The molecule has 0 spiro atoms. The Bertz CT molecular complexity index is 1560. The molecular formula is C46H88O12Si8. The molecule has 2 N–H and O–H groups in total. The quantitative estimate of drug-likeness (QED) is 0.202. The maximum absolute atomic E-state index is 14.3. The first-order valence-corrected chi connectivity index (χ1v) is 43.6. The number of hydrogen-bond acceptors (Lipinski definition) is 12. The Morgan fingerprint density at radius 2 is 0.576 bits per heavy atom. The molecule has 7 aliphatic carbocycles. The van der Waals surface area contributed by atoms with Crippen LogP contribution in [0, 0.1) is 0 Å². The van der Waals surface area contributed by atoms with Crippen LogP contribution in [0.15, 0.2) is 12.3 Å². The Morgan fingerprint density at radius 3 is 0.848 bits per heavy atom.